The number of aromatic nitrogens is 2. The monoisotopic (exact) mass is 277 g/mol. The molecule has 0 amide bonds. The fraction of sp³-hybridized carbons (Fsp3) is 0.733. The van der Waals surface area contributed by atoms with E-state index in [1.165, 1.54) is 6.42 Å². The number of nitrogens with zero attached hydrogens (tertiary/aromatic N) is 3. The maximum absolute atomic E-state index is 6.16. The van der Waals surface area contributed by atoms with Crippen molar-refractivity contribution < 1.29 is 9.47 Å². The SMILES string of the molecule is COCC[C@@H]1COC2(CCN(c3cncnc3)CC2)C1. The Balaban J connectivity index is 1.54. The van der Waals surface area contributed by atoms with Crippen LogP contribution in [0.2, 0.25) is 0 Å². The van der Waals surface area contributed by atoms with Crippen LogP contribution in [0.3, 0.4) is 0 Å². The molecule has 0 bridgehead atoms. The van der Waals surface area contributed by atoms with Crippen LogP contribution >= 0.6 is 0 Å². The molecule has 0 unspecified atom stereocenters. The van der Waals surface area contributed by atoms with Gasteiger partial charge in [-0.3, -0.25) is 0 Å². The largest absolute Gasteiger partial charge is 0.385 e. The van der Waals surface area contributed by atoms with Crippen molar-refractivity contribution >= 4 is 5.69 Å². The molecule has 1 atom stereocenters. The summed E-state index contributed by atoms with van der Waals surface area (Å²) in [5.41, 5.74) is 1.24. The summed E-state index contributed by atoms with van der Waals surface area (Å²) in [6, 6.07) is 0. The molecule has 3 heterocycles. The third-order valence-electron chi connectivity index (χ3n) is 4.60. The van der Waals surface area contributed by atoms with Gasteiger partial charge in [0, 0.05) is 26.8 Å². The Morgan fingerprint density at radius 3 is 2.80 bits per heavy atom. The standard InChI is InChI=1S/C15H23N3O2/c1-19-7-2-13-8-15(20-11-13)3-5-18(6-4-15)14-9-16-12-17-10-14/h9-10,12-13H,2-8,11H2,1H3/t13-/m0/s1. The van der Waals surface area contributed by atoms with Crippen LogP contribution in [0.1, 0.15) is 25.7 Å². The van der Waals surface area contributed by atoms with E-state index in [0.717, 1.165) is 51.3 Å². The van der Waals surface area contributed by atoms with Gasteiger partial charge in [-0.25, -0.2) is 9.97 Å². The van der Waals surface area contributed by atoms with Crippen LogP contribution < -0.4 is 4.90 Å². The summed E-state index contributed by atoms with van der Waals surface area (Å²) in [5.74, 6) is 0.668. The molecular weight excluding hydrogens is 254 g/mol. The number of hydrogen-bond acceptors (Lipinski definition) is 5. The van der Waals surface area contributed by atoms with Gasteiger partial charge in [0.05, 0.1) is 30.3 Å². The summed E-state index contributed by atoms with van der Waals surface area (Å²) in [6.07, 6.45) is 9.87. The molecule has 2 fully saturated rings. The normalized spacial score (nSPS) is 25.2. The van der Waals surface area contributed by atoms with Crippen LogP contribution in [0.4, 0.5) is 5.69 Å². The summed E-state index contributed by atoms with van der Waals surface area (Å²) in [5, 5.41) is 0. The second-order valence-electron chi connectivity index (χ2n) is 5.93. The van der Waals surface area contributed by atoms with Crippen molar-refractivity contribution in [3.63, 3.8) is 0 Å². The molecule has 2 aliphatic heterocycles. The van der Waals surface area contributed by atoms with E-state index < -0.39 is 0 Å². The number of methoxy groups -OCH3 is 1. The Morgan fingerprint density at radius 2 is 2.10 bits per heavy atom. The topological polar surface area (TPSA) is 47.5 Å². The van der Waals surface area contributed by atoms with Crippen molar-refractivity contribution in [1.29, 1.82) is 0 Å². The number of piperidine rings is 1. The van der Waals surface area contributed by atoms with Gasteiger partial charge < -0.3 is 14.4 Å². The van der Waals surface area contributed by atoms with Gasteiger partial charge in [0.15, 0.2) is 0 Å². The quantitative estimate of drug-likeness (QED) is 0.841. The highest BCUT2D eigenvalue weighted by Gasteiger charge is 2.42. The van der Waals surface area contributed by atoms with Gasteiger partial charge in [-0.15, -0.1) is 0 Å². The summed E-state index contributed by atoms with van der Waals surface area (Å²) in [7, 11) is 1.77. The number of ether oxygens (including phenoxy) is 2. The predicted molar refractivity (Wildman–Crippen MR) is 76.8 cm³/mol. The number of hydrogen-bond donors (Lipinski definition) is 0. The van der Waals surface area contributed by atoms with Gasteiger partial charge in [0.1, 0.15) is 6.33 Å². The van der Waals surface area contributed by atoms with E-state index in [0.29, 0.717) is 5.92 Å². The van der Waals surface area contributed by atoms with Crippen molar-refractivity contribution in [2.24, 2.45) is 5.92 Å². The lowest BCUT2D eigenvalue weighted by atomic mass is 9.84. The van der Waals surface area contributed by atoms with Gasteiger partial charge in [0.25, 0.3) is 0 Å². The van der Waals surface area contributed by atoms with Crippen molar-refractivity contribution in [2.75, 3.05) is 38.3 Å². The van der Waals surface area contributed by atoms with Crippen molar-refractivity contribution in [2.45, 2.75) is 31.3 Å². The van der Waals surface area contributed by atoms with Gasteiger partial charge >= 0.3 is 0 Å². The van der Waals surface area contributed by atoms with Crippen molar-refractivity contribution in [1.82, 2.24) is 9.97 Å². The fourth-order valence-corrected chi connectivity index (χ4v) is 3.38. The average molecular weight is 277 g/mol. The van der Waals surface area contributed by atoms with Crippen LogP contribution in [0, 0.1) is 5.92 Å². The van der Waals surface area contributed by atoms with Crippen LogP contribution in [0.15, 0.2) is 18.7 Å². The van der Waals surface area contributed by atoms with Crippen molar-refractivity contribution in [3.8, 4) is 0 Å². The molecule has 3 rings (SSSR count). The first kappa shape index (κ1) is 13.8. The molecule has 1 aromatic rings. The van der Waals surface area contributed by atoms with Gasteiger partial charge in [-0.1, -0.05) is 0 Å². The lowest BCUT2D eigenvalue weighted by molar-refractivity contribution is -0.0154. The molecule has 2 aliphatic rings. The minimum absolute atomic E-state index is 0.116. The number of rotatable bonds is 4. The highest BCUT2D eigenvalue weighted by atomic mass is 16.5. The molecule has 0 saturated carbocycles. The summed E-state index contributed by atoms with van der Waals surface area (Å²) in [4.78, 5) is 10.6. The number of anilines is 1. The molecule has 5 nitrogen and oxygen atoms in total. The van der Waals surface area contributed by atoms with Gasteiger partial charge in [-0.2, -0.15) is 0 Å². The molecule has 0 aromatic carbocycles. The highest BCUT2D eigenvalue weighted by molar-refractivity contribution is 5.42. The van der Waals surface area contributed by atoms with E-state index >= 15 is 0 Å². The first-order valence-corrected chi connectivity index (χ1v) is 7.44. The zero-order valence-electron chi connectivity index (χ0n) is 12.1. The molecule has 0 radical (unpaired) electrons. The van der Waals surface area contributed by atoms with Crippen LogP contribution in [-0.2, 0) is 9.47 Å². The summed E-state index contributed by atoms with van der Waals surface area (Å²) >= 11 is 0. The zero-order valence-corrected chi connectivity index (χ0v) is 12.1. The molecule has 0 aliphatic carbocycles. The lowest BCUT2D eigenvalue weighted by Crippen LogP contribution is -2.44. The maximum atomic E-state index is 6.16. The molecule has 2 saturated heterocycles. The van der Waals surface area contributed by atoms with E-state index in [9.17, 15) is 0 Å². The van der Waals surface area contributed by atoms with E-state index in [2.05, 4.69) is 14.9 Å². The average Bonchev–Trinajstić information content (AvgIpc) is 2.90. The lowest BCUT2D eigenvalue weighted by Gasteiger charge is -2.39. The Hall–Kier alpha value is -1.20. The minimum atomic E-state index is 0.116. The Kier molecular flexibility index (Phi) is 4.17. The summed E-state index contributed by atoms with van der Waals surface area (Å²) in [6.45, 7) is 3.81. The molecule has 1 aromatic heterocycles. The van der Waals surface area contributed by atoms with Crippen LogP contribution in [0.5, 0.6) is 0 Å². The maximum Gasteiger partial charge on any atom is 0.115 e. The molecule has 20 heavy (non-hydrogen) atoms. The molecule has 110 valence electrons. The second kappa shape index (κ2) is 6.06. The second-order valence-corrected chi connectivity index (χ2v) is 5.93. The van der Waals surface area contributed by atoms with Gasteiger partial charge in [0.2, 0.25) is 0 Å². The van der Waals surface area contributed by atoms with Crippen LogP contribution in [-0.4, -0.2) is 49.0 Å². The van der Waals surface area contributed by atoms with Crippen molar-refractivity contribution in [3.05, 3.63) is 18.7 Å². The van der Waals surface area contributed by atoms with E-state index in [1.807, 2.05) is 12.4 Å². The third kappa shape index (κ3) is 2.94. The highest BCUT2D eigenvalue weighted by Crippen LogP contribution is 2.40. The molecular formula is C15H23N3O2. The first-order chi connectivity index (χ1) is 9.81. The third-order valence-corrected chi connectivity index (χ3v) is 4.60. The predicted octanol–water partition coefficient (Wildman–Crippen LogP) is 1.89. The van der Waals surface area contributed by atoms with E-state index in [1.54, 1.807) is 13.4 Å². The summed E-state index contributed by atoms with van der Waals surface area (Å²) < 4.78 is 11.3. The smallest absolute Gasteiger partial charge is 0.115 e. The van der Waals surface area contributed by atoms with E-state index in [-0.39, 0.29) is 5.60 Å². The Labute approximate surface area is 120 Å². The van der Waals surface area contributed by atoms with Crippen LogP contribution in [0.25, 0.3) is 0 Å². The zero-order chi connectivity index (χ0) is 13.8. The molecule has 5 heteroatoms. The Bertz CT molecular complexity index is 418. The minimum Gasteiger partial charge on any atom is -0.385 e. The van der Waals surface area contributed by atoms with E-state index in [4.69, 9.17) is 9.47 Å². The first-order valence-electron chi connectivity index (χ1n) is 7.44. The molecule has 1 spiro atoms. The Morgan fingerprint density at radius 1 is 1.35 bits per heavy atom. The van der Waals surface area contributed by atoms with Gasteiger partial charge in [-0.05, 0) is 31.6 Å². The fourth-order valence-electron chi connectivity index (χ4n) is 3.38. The molecule has 0 N–H and O–H groups in total.